The number of methoxy groups -OCH3 is 2. The maximum absolute atomic E-state index is 5.40. The molecule has 1 fully saturated rings. The number of nitrogens with zero attached hydrogens (tertiary/aromatic N) is 1. The van der Waals surface area contributed by atoms with Gasteiger partial charge in [-0.25, -0.2) is 0 Å². The zero-order valence-corrected chi connectivity index (χ0v) is 13.8. The summed E-state index contributed by atoms with van der Waals surface area (Å²) in [4.78, 5) is 2.42. The second-order valence-corrected chi connectivity index (χ2v) is 6.15. The van der Waals surface area contributed by atoms with Gasteiger partial charge in [-0.3, -0.25) is 0 Å². The molecule has 4 heteroatoms. The van der Waals surface area contributed by atoms with Crippen LogP contribution in [-0.4, -0.2) is 46.3 Å². The zero-order chi connectivity index (χ0) is 15.4. The van der Waals surface area contributed by atoms with Crippen LogP contribution in [0.2, 0.25) is 0 Å². The molecule has 0 bridgehead atoms. The van der Waals surface area contributed by atoms with E-state index in [0.29, 0.717) is 6.04 Å². The molecule has 0 spiro atoms. The molecule has 4 nitrogen and oxygen atoms in total. The summed E-state index contributed by atoms with van der Waals surface area (Å²) < 4.78 is 10.7. The summed E-state index contributed by atoms with van der Waals surface area (Å²) in [5.74, 6) is 3.35. The minimum Gasteiger partial charge on any atom is -0.493 e. The molecule has 0 aromatic heterocycles. The van der Waals surface area contributed by atoms with Crippen LogP contribution in [0.4, 0.5) is 0 Å². The smallest absolute Gasteiger partial charge is 0.161 e. The number of hydrogen-bond acceptors (Lipinski definition) is 4. The molecule has 0 radical (unpaired) electrons. The highest BCUT2D eigenvalue weighted by Crippen LogP contribution is 2.38. The average molecular weight is 292 g/mol. The van der Waals surface area contributed by atoms with Crippen LogP contribution in [0, 0.1) is 11.8 Å². The van der Waals surface area contributed by atoms with Crippen LogP contribution in [0.1, 0.15) is 24.9 Å². The Morgan fingerprint density at radius 2 is 1.95 bits per heavy atom. The molecule has 0 amide bonds. The van der Waals surface area contributed by atoms with Crippen LogP contribution < -0.4 is 14.8 Å². The van der Waals surface area contributed by atoms with Crippen molar-refractivity contribution < 1.29 is 9.47 Å². The van der Waals surface area contributed by atoms with E-state index in [1.807, 2.05) is 13.1 Å². The second-order valence-electron chi connectivity index (χ2n) is 6.15. The van der Waals surface area contributed by atoms with Crippen LogP contribution in [0.3, 0.4) is 0 Å². The molecule has 0 heterocycles. The first-order valence-corrected chi connectivity index (χ1v) is 7.66. The van der Waals surface area contributed by atoms with E-state index >= 15 is 0 Å². The molecule has 0 aliphatic heterocycles. The fourth-order valence-corrected chi connectivity index (χ4v) is 2.87. The minimum atomic E-state index is 0.295. The molecule has 1 N–H and O–H groups in total. The molecule has 3 unspecified atom stereocenters. The molecule has 2 rings (SSSR count). The standard InChI is InChI=1S/C17H28N2O2/c1-12-8-14(12)10-19(3)11-15(18-2)13-6-7-16(20-4)17(9-13)21-5/h6-7,9,12,14-15,18H,8,10-11H2,1-5H3. The fraction of sp³-hybridized carbons (Fsp3) is 0.647. The lowest BCUT2D eigenvalue weighted by molar-refractivity contribution is 0.281. The first-order valence-electron chi connectivity index (χ1n) is 7.66. The van der Waals surface area contributed by atoms with Crippen molar-refractivity contribution in [1.29, 1.82) is 0 Å². The monoisotopic (exact) mass is 292 g/mol. The predicted octanol–water partition coefficient (Wildman–Crippen LogP) is 2.55. The van der Waals surface area contributed by atoms with E-state index in [1.54, 1.807) is 14.2 Å². The largest absolute Gasteiger partial charge is 0.493 e. The average Bonchev–Trinajstić information content (AvgIpc) is 3.18. The number of likely N-dealkylation sites (N-methyl/N-ethyl adjacent to an activating group) is 2. The summed E-state index contributed by atoms with van der Waals surface area (Å²) in [5, 5.41) is 3.40. The van der Waals surface area contributed by atoms with E-state index in [1.165, 1.54) is 18.5 Å². The summed E-state index contributed by atoms with van der Waals surface area (Å²) in [6.07, 6.45) is 1.38. The van der Waals surface area contributed by atoms with Gasteiger partial charge in [-0.1, -0.05) is 13.0 Å². The molecule has 1 aliphatic rings. The maximum Gasteiger partial charge on any atom is 0.161 e. The molecular weight excluding hydrogens is 264 g/mol. The Morgan fingerprint density at radius 3 is 2.48 bits per heavy atom. The summed E-state index contributed by atoms with van der Waals surface area (Å²) in [6.45, 7) is 4.52. The van der Waals surface area contributed by atoms with Crippen molar-refractivity contribution in [2.24, 2.45) is 11.8 Å². The van der Waals surface area contributed by atoms with Gasteiger partial charge in [-0.15, -0.1) is 0 Å². The van der Waals surface area contributed by atoms with Crippen LogP contribution in [-0.2, 0) is 0 Å². The molecule has 1 aromatic rings. The first-order chi connectivity index (χ1) is 10.1. The van der Waals surface area contributed by atoms with Gasteiger partial charge < -0.3 is 19.7 Å². The van der Waals surface area contributed by atoms with E-state index < -0.39 is 0 Å². The van der Waals surface area contributed by atoms with Gasteiger partial charge >= 0.3 is 0 Å². The number of rotatable bonds is 8. The Bertz CT molecular complexity index is 464. The van der Waals surface area contributed by atoms with Crippen LogP contribution >= 0.6 is 0 Å². The molecule has 1 saturated carbocycles. The highest BCUT2D eigenvalue weighted by molar-refractivity contribution is 5.43. The summed E-state index contributed by atoms with van der Waals surface area (Å²) in [5.41, 5.74) is 1.23. The third-order valence-electron chi connectivity index (χ3n) is 4.47. The van der Waals surface area contributed by atoms with E-state index in [2.05, 4.69) is 36.3 Å². The molecule has 21 heavy (non-hydrogen) atoms. The van der Waals surface area contributed by atoms with Gasteiger partial charge in [0.15, 0.2) is 11.5 Å². The third kappa shape index (κ3) is 4.11. The van der Waals surface area contributed by atoms with E-state index in [-0.39, 0.29) is 0 Å². The Hall–Kier alpha value is -1.26. The molecule has 1 aliphatic carbocycles. The minimum absolute atomic E-state index is 0.295. The fourth-order valence-electron chi connectivity index (χ4n) is 2.87. The van der Waals surface area contributed by atoms with E-state index in [4.69, 9.17) is 9.47 Å². The van der Waals surface area contributed by atoms with Gasteiger partial charge in [0.25, 0.3) is 0 Å². The topological polar surface area (TPSA) is 33.7 Å². The summed E-state index contributed by atoms with van der Waals surface area (Å²) in [6, 6.07) is 6.44. The van der Waals surface area contributed by atoms with Gasteiger partial charge in [-0.2, -0.15) is 0 Å². The lowest BCUT2D eigenvalue weighted by Gasteiger charge is -2.25. The SMILES string of the molecule is CNC(CN(C)CC1CC1C)c1ccc(OC)c(OC)c1. The Morgan fingerprint density at radius 1 is 1.29 bits per heavy atom. The van der Waals surface area contributed by atoms with Crippen molar-refractivity contribution in [1.82, 2.24) is 10.2 Å². The van der Waals surface area contributed by atoms with Crippen molar-refractivity contribution in [2.45, 2.75) is 19.4 Å². The van der Waals surface area contributed by atoms with Crippen molar-refractivity contribution >= 4 is 0 Å². The van der Waals surface area contributed by atoms with E-state index in [0.717, 1.165) is 29.9 Å². The van der Waals surface area contributed by atoms with Gasteiger partial charge in [0.2, 0.25) is 0 Å². The summed E-state index contributed by atoms with van der Waals surface area (Å²) in [7, 11) is 7.55. The number of nitrogens with one attached hydrogen (secondary N) is 1. The predicted molar refractivity (Wildman–Crippen MR) is 86.1 cm³/mol. The summed E-state index contributed by atoms with van der Waals surface area (Å²) >= 11 is 0. The Labute approximate surface area is 128 Å². The molecule has 3 atom stereocenters. The molecular formula is C17H28N2O2. The third-order valence-corrected chi connectivity index (χ3v) is 4.47. The van der Waals surface area contributed by atoms with Gasteiger partial charge in [0.05, 0.1) is 14.2 Å². The highest BCUT2D eigenvalue weighted by atomic mass is 16.5. The van der Waals surface area contributed by atoms with Crippen molar-refractivity contribution in [3.63, 3.8) is 0 Å². The van der Waals surface area contributed by atoms with Crippen molar-refractivity contribution in [2.75, 3.05) is 41.4 Å². The quantitative estimate of drug-likeness (QED) is 0.798. The lowest BCUT2D eigenvalue weighted by atomic mass is 10.1. The first kappa shape index (κ1) is 16.1. The van der Waals surface area contributed by atoms with Gasteiger partial charge in [0, 0.05) is 19.1 Å². The number of benzene rings is 1. The van der Waals surface area contributed by atoms with Crippen LogP contribution in [0.25, 0.3) is 0 Å². The molecule has 1 aromatic carbocycles. The molecule has 118 valence electrons. The van der Waals surface area contributed by atoms with Crippen molar-refractivity contribution in [3.05, 3.63) is 23.8 Å². The number of hydrogen-bond donors (Lipinski definition) is 1. The normalized spacial score (nSPS) is 22.2. The van der Waals surface area contributed by atoms with Crippen LogP contribution in [0.5, 0.6) is 11.5 Å². The maximum atomic E-state index is 5.40. The second kappa shape index (κ2) is 7.14. The van der Waals surface area contributed by atoms with Gasteiger partial charge in [0.1, 0.15) is 0 Å². The van der Waals surface area contributed by atoms with Crippen LogP contribution in [0.15, 0.2) is 18.2 Å². The zero-order valence-electron chi connectivity index (χ0n) is 13.8. The number of ether oxygens (including phenoxy) is 2. The Kier molecular flexibility index (Phi) is 5.48. The lowest BCUT2D eigenvalue weighted by Crippen LogP contribution is -2.32. The Balaban J connectivity index is 2.02. The highest BCUT2D eigenvalue weighted by Gasteiger charge is 2.33. The van der Waals surface area contributed by atoms with Crippen molar-refractivity contribution in [3.8, 4) is 11.5 Å². The van der Waals surface area contributed by atoms with Gasteiger partial charge in [-0.05, 0) is 50.0 Å². The molecule has 0 saturated heterocycles. The van der Waals surface area contributed by atoms with E-state index in [9.17, 15) is 0 Å².